The van der Waals surface area contributed by atoms with Crippen LogP contribution in [0.25, 0.3) is 0 Å². The molecule has 5 nitrogen and oxygen atoms in total. The molecular formula is C21H20ClFN4O. The van der Waals surface area contributed by atoms with Crippen molar-refractivity contribution in [2.24, 2.45) is 0 Å². The van der Waals surface area contributed by atoms with Crippen molar-refractivity contribution in [1.82, 2.24) is 9.97 Å². The molecular weight excluding hydrogens is 379 g/mol. The molecule has 0 atom stereocenters. The van der Waals surface area contributed by atoms with Crippen molar-refractivity contribution < 1.29 is 9.18 Å². The summed E-state index contributed by atoms with van der Waals surface area (Å²) in [6.07, 6.45) is 0. The fourth-order valence-electron chi connectivity index (χ4n) is 2.71. The van der Waals surface area contributed by atoms with E-state index in [1.807, 2.05) is 49.1 Å². The molecule has 0 aliphatic heterocycles. The molecule has 0 saturated heterocycles. The number of aryl methyl sites for hydroxylation is 1. The Morgan fingerprint density at radius 1 is 1.14 bits per heavy atom. The van der Waals surface area contributed by atoms with E-state index in [-0.39, 0.29) is 10.7 Å². The van der Waals surface area contributed by atoms with Crippen molar-refractivity contribution in [2.75, 3.05) is 16.8 Å². The van der Waals surface area contributed by atoms with Crippen molar-refractivity contribution in [3.63, 3.8) is 0 Å². The zero-order valence-electron chi connectivity index (χ0n) is 15.6. The summed E-state index contributed by atoms with van der Waals surface area (Å²) in [5, 5.41) is 2.63. The smallest absolute Gasteiger partial charge is 0.274 e. The number of hydrogen-bond acceptors (Lipinski definition) is 4. The molecule has 0 unspecified atom stereocenters. The van der Waals surface area contributed by atoms with Gasteiger partial charge in [-0.3, -0.25) is 4.79 Å². The first-order valence-corrected chi connectivity index (χ1v) is 9.25. The molecule has 0 aliphatic carbocycles. The first-order valence-electron chi connectivity index (χ1n) is 8.87. The van der Waals surface area contributed by atoms with Gasteiger partial charge >= 0.3 is 0 Å². The van der Waals surface area contributed by atoms with Crippen LogP contribution in [0, 0.1) is 12.7 Å². The van der Waals surface area contributed by atoms with Gasteiger partial charge in [0.25, 0.3) is 5.91 Å². The first kappa shape index (κ1) is 19.8. The van der Waals surface area contributed by atoms with Crippen molar-refractivity contribution in [3.05, 3.63) is 82.4 Å². The van der Waals surface area contributed by atoms with Gasteiger partial charge in [-0.15, -0.1) is 0 Å². The molecule has 0 fully saturated rings. The molecule has 1 heterocycles. The highest BCUT2D eigenvalue weighted by Crippen LogP contribution is 2.20. The topological polar surface area (TPSA) is 58.1 Å². The van der Waals surface area contributed by atoms with Crippen LogP contribution in [0.2, 0.25) is 5.02 Å². The van der Waals surface area contributed by atoms with Crippen LogP contribution in [0.15, 0.2) is 54.6 Å². The minimum Gasteiger partial charge on any atom is -0.337 e. The highest BCUT2D eigenvalue weighted by atomic mass is 35.5. The second-order valence-corrected chi connectivity index (χ2v) is 6.68. The largest absolute Gasteiger partial charge is 0.337 e. The average molecular weight is 399 g/mol. The summed E-state index contributed by atoms with van der Waals surface area (Å²) in [6, 6.07) is 15.6. The Balaban J connectivity index is 1.83. The van der Waals surface area contributed by atoms with Crippen LogP contribution < -0.4 is 10.2 Å². The van der Waals surface area contributed by atoms with Crippen LogP contribution >= 0.6 is 11.6 Å². The molecule has 1 aromatic heterocycles. The fourth-order valence-corrected chi connectivity index (χ4v) is 2.89. The lowest BCUT2D eigenvalue weighted by Crippen LogP contribution is -2.26. The van der Waals surface area contributed by atoms with E-state index in [0.29, 0.717) is 30.4 Å². The van der Waals surface area contributed by atoms with Gasteiger partial charge in [-0.1, -0.05) is 41.9 Å². The van der Waals surface area contributed by atoms with Gasteiger partial charge in [-0.2, -0.15) is 0 Å². The van der Waals surface area contributed by atoms with Crippen molar-refractivity contribution in [2.45, 2.75) is 20.4 Å². The molecule has 1 N–H and O–H groups in total. The number of aromatic nitrogens is 2. The van der Waals surface area contributed by atoms with Crippen LogP contribution in [0.4, 0.5) is 16.0 Å². The normalized spacial score (nSPS) is 10.6. The third kappa shape index (κ3) is 4.84. The maximum absolute atomic E-state index is 13.3. The first-order chi connectivity index (χ1) is 13.5. The fraction of sp³-hybridized carbons (Fsp3) is 0.190. The number of anilines is 2. The standard InChI is InChI=1S/C21H20ClFN4O/c1-3-27(13-15-7-5-4-6-8-15)21-24-14(2)11-19(26-21)20(28)25-16-9-10-18(23)17(22)12-16/h4-12H,3,13H2,1-2H3,(H,25,28). The van der Waals surface area contributed by atoms with Gasteiger partial charge in [-0.25, -0.2) is 14.4 Å². The number of carbonyl (C=O) groups excluding carboxylic acids is 1. The van der Waals surface area contributed by atoms with Crippen LogP contribution in [-0.4, -0.2) is 22.4 Å². The lowest BCUT2D eigenvalue weighted by molar-refractivity contribution is 0.102. The highest BCUT2D eigenvalue weighted by Gasteiger charge is 2.15. The van der Waals surface area contributed by atoms with Gasteiger partial charge in [0.15, 0.2) is 0 Å². The Labute approximate surface area is 168 Å². The molecule has 7 heteroatoms. The Kier molecular flexibility index (Phi) is 6.21. The van der Waals surface area contributed by atoms with E-state index in [9.17, 15) is 9.18 Å². The maximum Gasteiger partial charge on any atom is 0.274 e. The number of hydrogen-bond donors (Lipinski definition) is 1. The number of rotatable bonds is 6. The average Bonchev–Trinajstić information content (AvgIpc) is 2.69. The SMILES string of the molecule is CCN(Cc1ccccc1)c1nc(C)cc(C(=O)Nc2ccc(F)c(Cl)c2)n1. The molecule has 0 radical (unpaired) electrons. The molecule has 3 aromatic rings. The molecule has 0 bridgehead atoms. The minimum absolute atomic E-state index is 0.0580. The molecule has 1 amide bonds. The number of carbonyl (C=O) groups is 1. The number of nitrogens with one attached hydrogen (secondary N) is 1. The number of benzene rings is 2. The Hall–Kier alpha value is -2.99. The van der Waals surface area contributed by atoms with E-state index in [2.05, 4.69) is 15.3 Å². The van der Waals surface area contributed by atoms with Crippen LogP contribution in [0.3, 0.4) is 0 Å². The minimum atomic E-state index is -0.542. The van der Waals surface area contributed by atoms with E-state index in [1.165, 1.54) is 18.2 Å². The summed E-state index contributed by atoms with van der Waals surface area (Å²) in [4.78, 5) is 23.5. The van der Waals surface area contributed by atoms with Crippen LogP contribution in [0.1, 0.15) is 28.7 Å². The van der Waals surface area contributed by atoms with Crippen molar-refractivity contribution in [1.29, 1.82) is 0 Å². The predicted molar refractivity (Wildman–Crippen MR) is 109 cm³/mol. The van der Waals surface area contributed by atoms with Gasteiger partial charge in [0.2, 0.25) is 5.95 Å². The summed E-state index contributed by atoms with van der Waals surface area (Å²) >= 11 is 5.77. The molecule has 0 saturated carbocycles. The highest BCUT2D eigenvalue weighted by molar-refractivity contribution is 6.31. The Morgan fingerprint density at radius 2 is 1.89 bits per heavy atom. The second kappa shape index (κ2) is 8.80. The van der Waals surface area contributed by atoms with E-state index in [4.69, 9.17) is 11.6 Å². The monoisotopic (exact) mass is 398 g/mol. The molecule has 144 valence electrons. The molecule has 28 heavy (non-hydrogen) atoms. The summed E-state index contributed by atoms with van der Waals surface area (Å²) in [5.41, 5.74) is 2.43. The summed E-state index contributed by atoms with van der Waals surface area (Å²) in [6.45, 7) is 5.14. The summed E-state index contributed by atoms with van der Waals surface area (Å²) in [5.74, 6) is -0.474. The third-order valence-electron chi connectivity index (χ3n) is 4.13. The number of nitrogens with zero attached hydrogens (tertiary/aromatic N) is 3. The zero-order valence-corrected chi connectivity index (χ0v) is 16.4. The Bertz CT molecular complexity index is 981. The quantitative estimate of drug-likeness (QED) is 0.644. The molecule has 0 aliphatic rings. The van der Waals surface area contributed by atoms with Crippen molar-refractivity contribution >= 4 is 29.1 Å². The number of amides is 1. The second-order valence-electron chi connectivity index (χ2n) is 6.28. The summed E-state index contributed by atoms with van der Waals surface area (Å²) in [7, 11) is 0. The third-order valence-corrected chi connectivity index (χ3v) is 4.42. The van der Waals surface area contributed by atoms with E-state index in [0.717, 1.165) is 5.56 Å². The lowest BCUT2D eigenvalue weighted by Gasteiger charge is -2.21. The molecule has 0 spiro atoms. The van der Waals surface area contributed by atoms with Gasteiger partial charge in [0, 0.05) is 24.5 Å². The van der Waals surface area contributed by atoms with Gasteiger partial charge < -0.3 is 10.2 Å². The van der Waals surface area contributed by atoms with Crippen molar-refractivity contribution in [3.8, 4) is 0 Å². The van der Waals surface area contributed by atoms with E-state index in [1.54, 1.807) is 6.07 Å². The van der Waals surface area contributed by atoms with Gasteiger partial charge in [-0.05, 0) is 43.7 Å². The zero-order chi connectivity index (χ0) is 20.1. The Morgan fingerprint density at radius 3 is 2.57 bits per heavy atom. The van der Waals surface area contributed by atoms with E-state index < -0.39 is 11.7 Å². The molecule has 3 rings (SSSR count). The maximum atomic E-state index is 13.3. The summed E-state index contributed by atoms with van der Waals surface area (Å²) < 4.78 is 13.3. The van der Waals surface area contributed by atoms with Gasteiger partial charge in [0.1, 0.15) is 11.5 Å². The predicted octanol–water partition coefficient (Wildman–Crippen LogP) is 4.86. The molecule has 2 aromatic carbocycles. The van der Waals surface area contributed by atoms with Crippen LogP contribution in [0.5, 0.6) is 0 Å². The van der Waals surface area contributed by atoms with E-state index >= 15 is 0 Å². The van der Waals surface area contributed by atoms with Gasteiger partial charge in [0.05, 0.1) is 5.02 Å². The lowest BCUT2D eigenvalue weighted by atomic mass is 10.2. The van der Waals surface area contributed by atoms with Crippen LogP contribution in [-0.2, 0) is 6.54 Å². The number of halogens is 2.